The van der Waals surface area contributed by atoms with E-state index in [1.54, 1.807) is 0 Å². The Morgan fingerprint density at radius 1 is 0.704 bits per heavy atom. The first-order valence-electron chi connectivity index (χ1n) is 9.91. The van der Waals surface area contributed by atoms with E-state index in [4.69, 9.17) is 12.3 Å². The van der Waals surface area contributed by atoms with Gasteiger partial charge in [-0.1, -0.05) is 49.5 Å². The van der Waals surface area contributed by atoms with Crippen molar-refractivity contribution in [3.63, 3.8) is 0 Å². The monoisotopic (exact) mass is 456 g/mol. The Morgan fingerprint density at radius 3 is 1.37 bits per heavy atom. The van der Waals surface area contributed by atoms with E-state index in [1.807, 2.05) is 0 Å². The second kappa shape index (κ2) is 9.16. The lowest BCUT2D eigenvalue weighted by atomic mass is 10.2. The Balaban J connectivity index is 3.68. The van der Waals surface area contributed by atoms with Crippen molar-refractivity contribution in [2.75, 3.05) is 0 Å². The van der Waals surface area contributed by atoms with Gasteiger partial charge in [0.25, 0.3) is 0 Å². The summed E-state index contributed by atoms with van der Waals surface area (Å²) in [6.45, 7) is 25.0. The highest BCUT2D eigenvalue weighted by Gasteiger charge is 2.53. The van der Waals surface area contributed by atoms with Crippen molar-refractivity contribution in [2.24, 2.45) is 0 Å². The van der Waals surface area contributed by atoms with E-state index in [1.165, 1.54) is 10.4 Å². The summed E-state index contributed by atoms with van der Waals surface area (Å²) < 4.78 is 20.8. The highest BCUT2D eigenvalue weighted by Crippen LogP contribution is 2.33. The van der Waals surface area contributed by atoms with E-state index in [9.17, 15) is 0 Å². The highest BCUT2D eigenvalue weighted by molar-refractivity contribution is 7.00. The summed E-state index contributed by atoms with van der Waals surface area (Å²) in [5.74, 6) is 0. The zero-order valence-corrected chi connectivity index (χ0v) is 24.4. The molecule has 0 aromatic heterocycles. The molecule has 0 spiro atoms. The smallest absolute Gasteiger partial charge is 0.414 e. The van der Waals surface area contributed by atoms with Crippen molar-refractivity contribution < 1.29 is 12.3 Å². The third kappa shape index (κ3) is 9.31. The van der Waals surface area contributed by atoms with Crippen molar-refractivity contribution in [1.82, 2.24) is 0 Å². The summed E-state index contributed by atoms with van der Waals surface area (Å²) in [6.07, 6.45) is 2.32. The summed E-state index contributed by atoms with van der Waals surface area (Å²) in [5.41, 5.74) is 1.21. The molecule has 0 heterocycles. The van der Waals surface area contributed by atoms with Crippen LogP contribution < -0.4 is 0 Å². The fourth-order valence-corrected chi connectivity index (χ4v) is 20.8. The first-order chi connectivity index (χ1) is 12.0. The molecule has 0 N–H and O–H groups in total. The third-order valence-corrected chi connectivity index (χ3v) is 19.0. The molecule has 154 valence electrons. The van der Waals surface area contributed by atoms with Crippen LogP contribution >= 0.6 is 0 Å². The molecule has 0 aliphatic heterocycles. The topological polar surface area (TPSA) is 27.7 Å². The Hall–Kier alpha value is -0.0756. The summed E-state index contributed by atoms with van der Waals surface area (Å²) >= 11 is 0. The van der Waals surface area contributed by atoms with E-state index < -0.39 is 42.6 Å². The Morgan fingerprint density at radius 2 is 1.07 bits per heavy atom. The van der Waals surface area contributed by atoms with E-state index >= 15 is 0 Å². The molecule has 0 bridgehead atoms. The minimum absolute atomic E-state index is 1.21. The van der Waals surface area contributed by atoms with Crippen LogP contribution in [0.3, 0.4) is 0 Å². The summed E-state index contributed by atoms with van der Waals surface area (Å²) in [6, 6.07) is 10.6. The van der Waals surface area contributed by atoms with Crippen LogP contribution in [0.15, 0.2) is 35.2 Å². The standard InChI is InChI=1S/C19H40O3Si5/c1-23(2)19(17-18-15-13-12-14-16-18)27(20-24(3,4)5,21-25(6,7)8)22-26(9,10)11/h12-17,23H,1-11H3. The summed E-state index contributed by atoms with van der Waals surface area (Å²) in [5, 5.41) is 0. The van der Waals surface area contributed by atoms with Crippen LogP contribution in [0.5, 0.6) is 0 Å². The van der Waals surface area contributed by atoms with Crippen LogP contribution in [0.1, 0.15) is 5.56 Å². The van der Waals surface area contributed by atoms with Crippen molar-refractivity contribution in [3.05, 3.63) is 40.7 Å². The van der Waals surface area contributed by atoms with Crippen LogP contribution in [0.4, 0.5) is 0 Å². The lowest BCUT2D eigenvalue weighted by molar-refractivity contribution is 0.269. The van der Waals surface area contributed by atoms with Gasteiger partial charge >= 0.3 is 8.80 Å². The minimum Gasteiger partial charge on any atom is -0.414 e. The molecule has 3 nitrogen and oxygen atoms in total. The maximum Gasteiger partial charge on any atom is 0.497 e. The molecule has 1 aromatic carbocycles. The van der Waals surface area contributed by atoms with Gasteiger partial charge in [-0.15, -0.1) is 0 Å². The molecule has 1 aromatic rings. The first kappa shape index (κ1) is 25.0. The van der Waals surface area contributed by atoms with Crippen molar-refractivity contribution in [2.45, 2.75) is 72.0 Å². The van der Waals surface area contributed by atoms with E-state index in [-0.39, 0.29) is 0 Å². The predicted octanol–water partition coefficient (Wildman–Crippen LogP) is 6.13. The largest absolute Gasteiger partial charge is 0.497 e. The molecule has 0 amide bonds. The Labute approximate surface area is 173 Å². The minimum atomic E-state index is -2.97. The zero-order valence-electron chi connectivity index (χ0n) is 19.3. The molecule has 0 aliphatic rings. The second-order valence-electron chi connectivity index (χ2n) is 10.4. The molecule has 0 unspecified atom stereocenters. The van der Waals surface area contributed by atoms with Crippen LogP contribution in [0.25, 0.3) is 6.08 Å². The van der Waals surface area contributed by atoms with Crippen LogP contribution in [-0.4, -0.2) is 42.6 Å². The maximum atomic E-state index is 6.94. The predicted molar refractivity (Wildman–Crippen MR) is 132 cm³/mol. The average molecular weight is 457 g/mol. The molecule has 0 aliphatic carbocycles. The van der Waals surface area contributed by atoms with Crippen LogP contribution in [-0.2, 0) is 12.3 Å². The molecule has 1 rings (SSSR count). The van der Waals surface area contributed by atoms with Gasteiger partial charge in [-0.25, -0.2) is 0 Å². The second-order valence-corrected chi connectivity index (χ2v) is 30.7. The van der Waals surface area contributed by atoms with Gasteiger partial charge in [-0.2, -0.15) is 0 Å². The van der Waals surface area contributed by atoms with Gasteiger partial charge in [0.1, 0.15) is 0 Å². The zero-order chi connectivity index (χ0) is 21.1. The van der Waals surface area contributed by atoms with Gasteiger partial charge in [0.05, 0.1) is 8.80 Å². The first-order valence-corrected chi connectivity index (χ1v) is 24.7. The molecular formula is C19H40O3Si5. The van der Waals surface area contributed by atoms with Crippen molar-refractivity contribution in [1.29, 1.82) is 0 Å². The Bertz CT molecular complexity index is 585. The van der Waals surface area contributed by atoms with E-state index in [0.29, 0.717) is 0 Å². The van der Waals surface area contributed by atoms with Gasteiger partial charge in [-0.3, -0.25) is 0 Å². The van der Waals surface area contributed by atoms with Gasteiger partial charge in [0.15, 0.2) is 25.0 Å². The lowest BCUT2D eigenvalue weighted by Gasteiger charge is -2.44. The maximum absolute atomic E-state index is 6.94. The van der Waals surface area contributed by atoms with Crippen molar-refractivity contribution in [3.8, 4) is 0 Å². The van der Waals surface area contributed by atoms with Gasteiger partial charge in [0.2, 0.25) is 0 Å². The third-order valence-electron chi connectivity index (χ3n) is 3.42. The van der Waals surface area contributed by atoms with Crippen LogP contribution in [0.2, 0.25) is 72.0 Å². The van der Waals surface area contributed by atoms with Crippen molar-refractivity contribution >= 4 is 48.6 Å². The highest BCUT2D eigenvalue weighted by atomic mass is 28.5. The number of hydrogen-bond donors (Lipinski definition) is 0. The molecule has 0 saturated carbocycles. The molecule has 0 fully saturated rings. The van der Waals surface area contributed by atoms with Gasteiger partial charge < -0.3 is 12.3 Å². The van der Waals surface area contributed by atoms with Crippen LogP contribution in [0, 0.1) is 0 Å². The normalized spacial score (nSPS) is 14.7. The summed E-state index contributed by atoms with van der Waals surface area (Å²) in [4.78, 5) is 1.35. The van der Waals surface area contributed by atoms with E-state index in [0.717, 1.165) is 0 Å². The molecule has 0 saturated heterocycles. The number of hydrogen-bond acceptors (Lipinski definition) is 3. The molecular weight excluding hydrogens is 417 g/mol. The fourth-order valence-electron chi connectivity index (χ4n) is 2.79. The van der Waals surface area contributed by atoms with E-state index in [2.05, 4.69) is 108 Å². The SMILES string of the molecule is C[SiH](C)C(=Cc1ccccc1)[Si](O[Si](C)(C)C)(O[Si](C)(C)C)O[Si](C)(C)C. The molecule has 8 heteroatoms. The Kier molecular flexibility index (Phi) is 8.47. The number of benzene rings is 1. The quantitative estimate of drug-likeness (QED) is 0.418. The van der Waals surface area contributed by atoms with Gasteiger partial charge in [-0.05, 0) is 69.3 Å². The van der Waals surface area contributed by atoms with Gasteiger partial charge in [0, 0.05) is 0 Å². The molecule has 0 atom stereocenters. The lowest BCUT2D eigenvalue weighted by Crippen LogP contribution is -2.63. The fraction of sp³-hybridized carbons (Fsp3) is 0.579. The molecule has 27 heavy (non-hydrogen) atoms. The number of rotatable bonds is 9. The average Bonchev–Trinajstić information content (AvgIpc) is 2.39. The summed E-state index contributed by atoms with van der Waals surface area (Å²) in [7, 11) is -9.84. The molecule has 0 radical (unpaired) electrons.